The summed E-state index contributed by atoms with van der Waals surface area (Å²) in [7, 11) is 3.17. The monoisotopic (exact) mass is 562 g/mol. The minimum atomic E-state index is -0.704. The molecule has 3 aromatic rings. The van der Waals surface area contributed by atoms with Crippen LogP contribution >= 0.6 is 11.3 Å². The van der Waals surface area contributed by atoms with Gasteiger partial charge in [0, 0.05) is 36.8 Å². The summed E-state index contributed by atoms with van der Waals surface area (Å²) < 4.78 is 4.83. The second-order valence-corrected chi connectivity index (χ2v) is 12.5. The Morgan fingerprint density at radius 1 is 1.12 bits per heavy atom. The molecule has 2 heterocycles. The Labute approximate surface area is 239 Å². The van der Waals surface area contributed by atoms with Crippen molar-refractivity contribution in [1.29, 1.82) is 0 Å². The number of benzene rings is 1. The van der Waals surface area contributed by atoms with E-state index in [4.69, 9.17) is 10.5 Å². The summed E-state index contributed by atoms with van der Waals surface area (Å²) in [5.74, 6) is 0.764. The number of methoxy groups -OCH3 is 1. The van der Waals surface area contributed by atoms with Crippen molar-refractivity contribution < 1.29 is 19.4 Å². The molecule has 212 valence electrons. The highest BCUT2D eigenvalue weighted by Crippen LogP contribution is 2.46. The topological polar surface area (TPSA) is 118 Å². The Bertz CT molecular complexity index is 1340. The van der Waals surface area contributed by atoms with E-state index in [-0.39, 0.29) is 24.0 Å². The number of pyridine rings is 1. The quantitative estimate of drug-likeness (QED) is 0.337. The van der Waals surface area contributed by atoms with Crippen molar-refractivity contribution in [2.45, 2.75) is 69.1 Å². The lowest BCUT2D eigenvalue weighted by Gasteiger charge is -2.49. The Morgan fingerprint density at radius 2 is 1.82 bits per heavy atom. The van der Waals surface area contributed by atoms with E-state index >= 15 is 0 Å². The number of carbonyl (C=O) groups is 2. The lowest BCUT2D eigenvalue weighted by Crippen LogP contribution is -2.58. The van der Waals surface area contributed by atoms with E-state index in [1.54, 1.807) is 23.3 Å². The van der Waals surface area contributed by atoms with E-state index < -0.39 is 11.1 Å². The number of anilines is 1. The predicted molar refractivity (Wildman–Crippen MR) is 158 cm³/mol. The van der Waals surface area contributed by atoms with Crippen LogP contribution < -0.4 is 11.1 Å². The van der Waals surface area contributed by atoms with Gasteiger partial charge in [-0.05, 0) is 96.5 Å². The maximum Gasteiger partial charge on any atom is 0.409 e. The Morgan fingerprint density at radius 3 is 2.42 bits per heavy atom. The van der Waals surface area contributed by atoms with Crippen LogP contribution in [0.5, 0.6) is 0 Å². The number of hydrogen-bond donors (Lipinski definition) is 3. The zero-order valence-corrected chi connectivity index (χ0v) is 24.2. The normalized spacial score (nSPS) is 26.0. The molecular formula is C31H38N4O4S. The van der Waals surface area contributed by atoms with Gasteiger partial charge in [-0.2, -0.15) is 11.3 Å². The van der Waals surface area contributed by atoms with Crippen LogP contribution in [-0.4, -0.2) is 52.8 Å². The lowest BCUT2D eigenvalue weighted by molar-refractivity contribution is -0.117. The van der Waals surface area contributed by atoms with Gasteiger partial charge in [-0.3, -0.25) is 4.79 Å². The molecule has 0 saturated heterocycles. The summed E-state index contributed by atoms with van der Waals surface area (Å²) in [6.07, 6.45) is 6.53. The third-order valence-corrected chi connectivity index (χ3v) is 9.15. The smallest absolute Gasteiger partial charge is 0.409 e. The molecule has 2 fully saturated rings. The van der Waals surface area contributed by atoms with Crippen molar-refractivity contribution >= 4 is 29.2 Å². The minimum absolute atomic E-state index is 0.0460. The summed E-state index contributed by atoms with van der Waals surface area (Å²) in [5, 5.41) is 17.3. The fraction of sp³-hybridized carbons (Fsp3) is 0.452. The standard InChI is InChI=1S/C31H38N4O4S/c1-30(38)18-31(32,19-30)23-8-6-21(7-9-23)26-16-33-27(15-25(26)22-12-13-40-17-22)34-28(36)14-20-4-10-24(11-5-20)35(2)29(37)39-3/h6-9,12-13,15-17,20,24,38H,4-5,10-11,14,18-19,32H2,1-3H3,(H,33,34,36)/t20-,24-,30-,31-. The zero-order chi connectivity index (χ0) is 28.5. The van der Waals surface area contributed by atoms with E-state index in [1.807, 2.05) is 36.7 Å². The number of nitrogens with zero attached hydrogens (tertiary/aromatic N) is 2. The number of amides is 2. The summed E-state index contributed by atoms with van der Waals surface area (Å²) >= 11 is 1.62. The van der Waals surface area contributed by atoms with Gasteiger partial charge in [-0.25, -0.2) is 9.78 Å². The Hall–Kier alpha value is -3.27. The average molecular weight is 563 g/mol. The SMILES string of the molecule is COC(=O)N(C)[C@H]1CC[C@H](CC(=O)Nc2cc(-c3ccsc3)c(-c3ccc([C@]4(N)C[C@](C)(O)C4)cc3)cn2)CC1. The molecule has 9 heteroatoms. The van der Waals surface area contributed by atoms with Crippen LogP contribution in [0.15, 0.2) is 53.4 Å². The number of aromatic nitrogens is 1. The van der Waals surface area contributed by atoms with Gasteiger partial charge in [0.1, 0.15) is 5.82 Å². The van der Waals surface area contributed by atoms with Gasteiger partial charge < -0.3 is 25.8 Å². The molecule has 2 aliphatic carbocycles. The predicted octanol–water partition coefficient (Wildman–Crippen LogP) is 5.76. The second kappa shape index (κ2) is 11.3. The maximum absolute atomic E-state index is 13.0. The van der Waals surface area contributed by atoms with Crippen LogP contribution in [-0.2, 0) is 15.1 Å². The van der Waals surface area contributed by atoms with Gasteiger partial charge in [0.2, 0.25) is 5.91 Å². The number of ether oxygens (including phenoxy) is 1. The van der Waals surface area contributed by atoms with Crippen molar-refractivity contribution in [2.75, 3.05) is 19.5 Å². The average Bonchev–Trinajstić information content (AvgIpc) is 3.46. The largest absolute Gasteiger partial charge is 0.453 e. The Balaban J connectivity index is 1.26. The summed E-state index contributed by atoms with van der Waals surface area (Å²) in [6, 6.07) is 12.3. The van der Waals surface area contributed by atoms with Gasteiger partial charge in [0.15, 0.2) is 0 Å². The van der Waals surface area contributed by atoms with Crippen LogP contribution in [0, 0.1) is 5.92 Å². The molecule has 5 rings (SSSR count). The number of nitrogens with two attached hydrogens (primary N) is 1. The molecule has 1 aromatic carbocycles. The third kappa shape index (κ3) is 6.06. The van der Waals surface area contributed by atoms with Crippen LogP contribution in [0.3, 0.4) is 0 Å². The maximum atomic E-state index is 13.0. The molecule has 0 atom stereocenters. The molecule has 0 bridgehead atoms. The van der Waals surface area contributed by atoms with E-state index in [9.17, 15) is 14.7 Å². The van der Waals surface area contributed by atoms with Crippen LogP contribution in [0.25, 0.3) is 22.3 Å². The van der Waals surface area contributed by atoms with Crippen molar-refractivity contribution in [2.24, 2.45) is 11.7 Å². The first kappa shape index (κ1) is 28.3. The number of nitrogens with one attached hydrogen (secondary N) is 1. The molecule has 0 radical (unpaired) electrons. The number of thiophene rings is 1. The molecule has 0 unspecified atom stereocenters. The first-order chi connectivity index (χ1) is 19.1. The first-order valence-electron chi connectivity index (χ1n) is 13.8. The number of aliphatic hydroxyl groups is 1. The summed E-state index contributed by atoms with van der Waals surface area (Å²) in [4.78, 5) is 31.0. The van der Waals surface area contributed by atoms with Crippen LogP contribution in [0.4, 0.5) is 10.6 Å². The van der Waals surface area contributed by atoms with Crippen molar-refractivity contribution in [3.8, 4) is 22.3 Å². The lowest BCUT2D eigenvalue weighted by atomic mass is 9.63. The Kier molecular flexibility index (Phi) is 7.99. The van der Waals surface area contributed by atoms with Gasteiger partial charge in [0.05, 0.1) is 12.7 Å². The highest BCUT2D eigenvalue weighted by atomic mass is 32.1. The van der Waals surface area contributed by atoms with Crippen molar-refractivity contribution in [3.05, 3.63) is 58.9 Å². The molecule has 2 aromatic heterocycles. The second-order valence-electron chi connectivity index (χ2n) is 11.7. The summed E-state index contributed by atoms with van der Waals surface area (Å²) in [5.41, 5.74) is 10.4. The fourth-order valence-corrected chi connectivity index (χ4v) is 7.04. The molecule has 0 aliphatic heterocycles. The minimum Gasteiger partial charge on any atom is -0.453 e. The third-order valence-electron chi connectivity index (χ3n) is 8.47. The number of carbonyl (C=O) groups excluding carboxylic acids is 2. The molecule has 40 heavy (non-hydrogen) atoms. The van der Waals surface area contributed by atoms with E-state index in [0.29, 0.717) is 25.1 Å². The van der Waals surface area contributed by atoms with Crippen molar-refractivity contribution in [3.63, 3.8) is 0 Å². The van der Waals surface area contributed by atoms with E-state index in [0.717, 1.165) is 53.5 Å². The first-order valence-corrected chi connectivity index (χ1v) is 14.8. The molecule has 8 nitrogen and oxygen atoms in total. The number of rotatable bonds is 7. The molecule has 2 aliphatic rings. The highest BCUT2D eigenvalue weighted by Gasteiger charge is 2.49. The van der Waals surface area contributed by atoms with E-state index in [1.165, 1.54) is 7.11 Å². The molecule has 2 amide bonds. The number of hydrogen-bond acceptors (Lipinski definition) is 7. The van der Waals surface area contributed by atoms with Crippen LogP contribution in [0.2, 0.25) is 0 Å². The molecule has 2 saturated carbocycles. The fourth-order valence-electron chi connectivity index (χ4n) is 6.39. The molecule has 4 N–H and O–H groups in total. The van der Waals surface area contributed by atoms with E-state index in [2.05, 4.69) is 33.9 Å². The zero-order valence-electron chi connectivity index (χ0n) is 23.4. The van der Waals surface area contributed by atoms with Gasteiger partial charge in [-0.15, -0.1) is 0 Å². The van der Waals surface area contributed by atoms with Gasteiger partial charge >= 0.3 is 6.09 Å². The molecular weight excluding hydrogens is 524 g/mol. The van der Waals surface area contributed by atoms with Gasteiger partial charge in [-0.1, -0.05) is 24.3 Å². The van der Waals surface area contributed by atoms with Gasteiger partial charge in [0.25, 0.3) is 0 Å². The summed E-state index contributed by atoms with van der Waals surface area (Å²) in [6.45, 7) is 1.82. The van der Waals surface area contributed by atoms with Crippen molar-refractivity contribution in [1.82, 2.24) is 9.88 Å². The highest BCUT2D eigenvalue weighted by molar-refractivity contribution is 7.08. The molecule has 0 spiro atoms. The van der Waals surface area contributed by atoms with Crippen LogP contribution in [0.1, 0.15) is 57.4 Å².